The summed E-state index contributed by atoms with van der Waals surface area (Å²) in [5.41, 5.74) is 0. The molecule has 1 heterocycles. The molecule has 3 heteroatoms. The maximum absolute atomic E-state index is 12.4. The normalized spacial score (nSPS) is 26.6. The second-order valence-corrected chi connectivity index (χ2v) is 5.53. The molecular formula is C14H28N2O. The highest BCUT2D eigenvalue weighted by molar-refractivity contribution is 5.82. The SMILES string of the molecule is CCC(C)CN(CC)C(=O)C1CC(C)CCN1. The lowest BCUT2D eigenvalue weighted by Gasteiger charge is -2.33. The van der Waals surface area contributed by atoms with Crippen LogP contribution in [0.5, 0.6) is 0 Å². The molecule has 3 unspecified atom stereocenters. The van der Waals surface area contributed by atoms with E-state index in [1.165, 1.54) is 6.42 Å². The maximum Gasteiger partial charge on any atom is 0.239 e. The lowest BCUT2D eigenvalue weighted by atomic mass is 9.93. The molecule has 1 fully saturated rings. The smallest absolute Gasteiger partial charge is 0.239 e. The van der Waals surface area contributed by atoms with Crippen molar-refractivity contribution < 1.29 is 4.79 Å². The lowest BCUT2D eigenvalue weighted by Crippen LogP contribution is -2.50. The van der Waals surface area contributed by atoms with E-state index in [4.69, 9.17) is 0 Å². The van der Waals surface area contributed by atoms with Crippen LogP contribution < -0.4 is 5.32 Å². The third kappa shape index (κ3) is 4.30. The molecule has 0 saturated carbocycles. The van der Waals surface area contributed by atoms with Gasteiger partial charge in [0.15, 0.2) is 0 Å². The van der Waals surface area contributed by atoms with E-state index < -0.39 is 0 Å². The predicted octanol–water partition coefficient (Wildman–Crippen LogP) is 2.27. The fourth-order valence-electron chi connectivity index (χ4n) is 2.40. The van der Waals surface area contributed by atoms with Crippen LogP contribution in [0, 0.1) is 11.8 Å². The summed E-state index contributed by atoms with van der Waals surface area (Å²) in [7, 11) is 0. The van der Waals surface area contributed by atoms with Gasteiger partial charge in [-0.2, -0.15) is 0 Å². The van der Waals surface area contributed by atoms with Gasteiger partial charge in [0.25, 0.3) is 0 Å². The molecule has 1 N–H and O–H groups in total. The number of amides is 1. The van der Waals surface area contributed by atoms with Gasteiger partial charge in [-0.3, -0.25) is 4.79 Å². The molecule has 3 nitrogen and oxygen atoms in total. The molecule has 3 atom stereocenters. The van der Waals surface area contributed by atoms with Crippen LogP contribution in [0.1, 0.15) is 47.0 Å². The minimum atomic E-state index is 0.0581. The van der Waals surface area contributed by atoms with E-state index in [9.17, 15) is 4.79 Å². The first-order valence-electron chi connectivity index (χ1n) is 7.10. The van der Waals surface area contributed by atoms with Gasteiger partial charge in [0.05, 0.1) is 6.04 Å². The number of hydrogen-bond donors (Lipinski definition) is 1. The third-order valence-corrected chi connectivity index (χ3v) is 3.89. The van der Waals surface area contributed by atoms with Gasteiger partial charge in [-0.1, -0.05) is 27.2 Å². The Kier molecular flexibility index (Phi) is 5.96. The first-order chi connectivity index (χ1) is 8.08. The Morgan fingerprint density at radius 3 is 2.71 bits per heavy atom. The van der Waals surface area contributed by atoms with Crippen LogP contribution >= 0.6 is 0 Å². The zero-order chi connectivity index (χ0) is 12.8. The van der Waals surface area contributed by atoms with Crippen molar-refractivity contribution in [2.45, 2.75) is 53.0 Å². The average Bonchev–Trinajstić information content (AvgIpc) is 2.34. The summed E-state index contributed by atoms with van der Waals surface area (Å²) in [5, 5.41) is 3.36. The number of nitrogens with zero attached hydrogens (tertiary/aromatic N) is 1. The predicted molar refractivity (Wildman–Crippen MR) is 71.9 cm³/mol. The molecule has 1 aliphatic rings. The minimum absolute atomic E-state index is 0.0581. The van der Waals surface area contributed by atoms with Crippen LogP contribution in [-0.2, 0) is 4.79 Å². The first-order valence-corrected chi connectivity index (χ1v) is 7.10. The largest absolute Gasteiger partial charge is 0.341 e. The van der Waals surface area contributed by atoms with Crippen LogP contribution in [0.2, 0.25) is 0 Å². The molecule has 0 spiro atoms. The number of carbonyl (C=O) groups excluding carboxylic acids is 1. The summed E-state index contributed by atoms with van der Waals surface area (Å²) >= 11 is 0. The summed E-state index contributed by atoms with van der Waals surface area (Å²) in [5.74, 6) is 1.58. The zero-order valence-corrected chi connectivity index (χ0v) is 11.8. The molecule has 0 aromatic rings. The fraction of sp³-hybridized carbons (Fsp3) is 0.929. The number of hydrogen-bond acceptors (Lipinski definition) is 2. The van der Waals surface area contributed by atoms with Crippen LogP contribution in [0.25, 0.3) is 0 Å². The number of likely N-dealkylation sites (N-methyl/N-ethyl adjacent to an activating group) is 1. The Balaban J connectivity index is 2.52. The summed E-state index contributed by atoms with van der Waals surface area (Å²) in [6, 6.07) is 0.0581. The van der Waals surface area contributed by atoms with Crippen molar-refractivity contribution in [2.75, 3.05) is 19.6 Å². The van der Waals surface area contributed by atoms with E-state index in [-0.39, 0.29) is 6.04 Å². The summed E-state index contributed by atoms with van der Waals surface area (Å²) < 4.78 is 0. The molecule has 1 amide bonds. The number of rotatable bonds is 5. The van der Waals surface area contributed by atoms with Crippen molar-refractivity contribution in [1.29, 1.82) is 0 Å². The second-order valence-electron chi connectivity index (χ2n) is 5.53. The Hall–Kier alpha value is -0.570. The highest BCUT2D eigenvalue weighted by atomic mass is 16.2. The highest BCUT2D eigenvalue weighted by Gasteiger charge is 2.28. The van der Waals surface area contributed by atoms with E-state index in [0.29, 0.717) is 17.7 Å². The van der Waals surface area contributed by atoms with Gasteiger partial charge in [0.1, 0.15) is 0 Å². The third-order valence-electron chi connectivity index (χ3n) is 3.89. The van der Waals surface area contributed by atoms with E-state index in [1.807, 2.05) is 4.90 Å². The van der Waals surface area contributed by atoms with Crippen molar-refractivity contribution in [2.24, 2.45) is 11.8 Å². The van der Waals surface area contributed by atoms with Gasteiger partial charge < -0.3 is 10.2 Å². The monoisotopic (exact) mass is 240 g/mol. The van der Waals surface area contributed by atoms with Crippen molar-refractivity contribution in [1.82, 2.24) is 10.2 Å². The standard InChI is InChI=1S/C14H28N2O/c1-5-11(3)10-16(6-2)14(17)13-9-12(4)7-8-15-13/h11-13,15H,5-10H2,1-4H3. The van der Waals surface area contributed by atoms with Crippen LogP contribution in [0.15, 0.2) is 0 Å². The lowest BCUT2D eigenvalue weighted by molar-refractivity contribution is -0.134. The second kappa shape index (κ2) is 7.00. The molecule has 1 saturated heterocycles. The molecular weight excluding hydrogens is 212 g/mol. The highest BCUT2D eigenvalue weighted by Crippen LogP contribution is 2.17. The summed E-state index contributed by atoms with van der Waals surface area (Å²) in [4.78, 5) is 14.4. The van der Waals surface area contributed by atoms with Gasteiger partial charge in [-0.25, -0.2) is 0 Å². The Morgan fingerprint density at radius 2 is 2.18 bits per heavy atom. The van der Waals surface area contributed by atoms with Gasteiger partial charge in [0.2, 0.25) is 5.91 Å². The zero-order valence-electron chi connectivity index (χ0n) is 11.8. The first kappa shape index (κ1) is 14.5. The van der Waals surface area contributed by atoms with Gasteiger partial charge in [0, 0.05) is 13.1 Å². The number of nitrogens with one attached hydrogen (secondary N) is 1. The van der Waals surface area contributed by atoms with Crippen LogP contribution in [0.4, 0.5) is 0 Å². The molecule has 1 rings (SSSR count). The molecule has 100 valence electrons. The quantitative estimate of drug-likeness (QED) is 0.799. The van der Waals surface area contributed by atoms with Crippen molar-refractivity contribution in [3.8, 4) is 0 Å². The van der Waals surface area contributed by atoms with Crippen molar-refractivity contribution >= 4 is 5.91 Å². The minimum Gasteiger partial charge on any atom is -0.341 e. The van der Waals surface area contributed by atoms with Gasteiger partial charge >= 0.3 is 0 Å². The van der Waals surface area contributed by atoms with Crippen molar-refractivity contribution in [3.63, 3.8) is 0 Å². The van der Waals surface area contributed by atoms with E-state index in [0.717, 1.165) is 32.5 Å². The van der Waals surface area contributed by atoms with Gasteiger partial charge in [-0.15, -0.1) is 0 Å². The van der Waals surface area contributed by atoms with Crippen LogP contribution in [0.3, 0.4) is 0 Å². The average molecular weight is 240 g/mol. The molecule has 0 aliphatic carbocycles. The van der Waals surface area contributed by atoms with E-state index in [2.05, 4.69) is 33.0 Å². The van der Waals surface area contributed by atoms with Crippen LogP contribution in [-0.4, -0.2) is 36.5 Å². The molecule has 0 bridgehead atoms. The Bertz CT molecular complexity index is 242. The molecule has 1 aliphatic heterocycles. The molecule has 0 aromatic heterocycles. The Morgan fingerprint density at radius 1 is 1.47 bits per heavy atom. The summed E-state index contributed by atoms with van der Waals surface area (Å²) in [6.45, 7) is 11.4. The van der Waals surface area contributed by atoms with E-state index >= 15 is 0 Å². The maximum atomic E-state index is 12.4. The summed E-state index contributed by atoms with van der Waals surface area (Å²) in [6.07, 6.45) is 3.33. The van der Waals surface area contributed by atoms with Crippen molar-refractivity contribution in [3.05, 3.63) is 0 Å². The number of piperidine rings is 1. The number of carbonyl (C=O) groups is 1. The Labute approximate surface area is 106 Å². The van der Waals surface area contributed by atoms with Gasteiger partial charge in [-0.05, 0) is 38.1 Å². The fourth-order valence-corrected chi connectivity index (χ4v) is 2.40. The van der Waals surface area contributed by atoms with E-state index in [1.54, 1.807) is 0 Å². The molecule has 0 aromatic carbocycles. The molecule has 17 heavy (non-hydrogen) atoms. The molecule has 0 radical (unpaired) electrons. The topological polar surface area (TPSA) is 32.3 Å².